The average Bonchev–Trinajstić information content (AvgIpc) is 2.90. The van der Waals surface area contributed by atoms with E-state index in [1.807, 2.05) is 0 Å². The van der Waals surface area contributed by atoms with Crippen LogP contribution in [0.4, 0.5) is 0 Å². The summed E-state index contributed by atoms with van der Waals surface area (Å²) in [6.45, 7) is 12.3. The summed E-state index contributed by atoms with van der Waals surface area (Å²) in [5.74, 6) is -0.133. The van der Waals surface area contributed by atoms with Gasteiger partial charge >= 0.3 is 5.97 Å². The van der Waals surface area contributed by atoms with Gasteiger partial charge in [0.2, 0.25) is 0 Å². The predicted molar refractivity (Wildman–Crippen MR) is 144 cm³/mol. The number of carbonyl (C=O) groups is 1. The number of esters is 1. The van der Waals surface area contributed by atoms with Crippen LogP contribution in [0.2, 0.25) is 0 Å². The van der Waals surface area contributed by atoms with Gasteiger partial charge < -0.3 is 37.9 Å². The molecule has 9 nitrogen and oxygen atoms in total. The monoisotopic (exact) mass is 536 g/mol. The van der Waals surface area contributed by atoms with Crippen molar-refractivity contribution in [1.29, 1.82) is 0 Å². The van der Waals surface area contributed by atoms with E-state index < -0.39 is 0 Å². The molecule has 0 N–H and O–H groups in total. The number of rotatable bonds is 32. The molecule has 0 heterocycles. The maximum atomic E-state index is 11.7. The summed E-state index contributed by atoms with van der Waals surface area (Å²) in [5.41, 5.74) is 0. The predicted octanol–water partition coefficient (Wildman–Crippen LogP) is 4.59. The topological polar surface area (TPSA) is 90.9 Å². The minimum absolute atomic E-state index is 0.133. The number of carbonyl (C=O) groups excluding carboxylic acids is 1. The molecule has 0 fully saturated rings. The fourth-order valence-corrected chi connectivity index (χ4v) is 3.18. The standard InChI is InChI=1S/C28H56O9/c1-3-5-7-8-9-10-11-12-28(29)37-27-26-36-25-24-35-23-22-34-21-20-33-19-18-32-17-16-31-15-14-30-13-6-4-2/h3-27H2,1-2H3. The summed E-state index contributed by atoms with van der Waals surface area (Å²) in [4.78, 5) is 11.7. The summed E-state index contributed by atoms with van der Waals surface area (Å²) in [6.07, 6.45) is 11.1. The lowest BCUT2D eigenvalue weighted by atomic mass is 10.1. The molecule has 0 saturated heterocycles. The SMILES string of the molecule is CCCCCCCCCC(=O)OCCOCCOCCOCCOCCOCCOCCOCCCC. The van der Waals surface area contributed by atoms with Crippen molar-refractivity contribution in [1.82, 2.24) is 0 Å². The van der Waals surface area contributed by atoms with Crippen LogP contribution in [0.3, 0.4) is 0 Å². The average molecular weight is 537 g/mol. The maximum Gasteiger partial charge on any atom is 0.305 e. The molecule has 0 spiro atoms. The highest BCUT2D eigenvalue weighted by Crippen LogP contribution is 2.08. The summed E-state index contributed by atoms with van der Waals surface area (Å²) in [7, 11) is 0. The second-order valence-electron chi connectivity index (χ2n) is 8.73. The molecule has 0 aliphatic heterocycles. The third kappa shape index (κ3) is 33.2. The molecule has 0 aromatic carbocycles. The molecule has 0 aliphatic carbocycles. The molecular weight excluding hydrogens is 480 g/mol. The molecule has 0 rings (SSSR count). The van der Waals surface area contributed by atoms with Gasteiger partial charge in [-0.15, -0.1) is 0 Å². The fraction of sp³-hybridized carbons (Fsp3) is 0.964. The van der Waals surface area contributed by atoms with E-state index in [-0.39, 0.29) is 5.97 Å². The number of hydrogen-bond donors (Lipinski definition) is 0. The van der Waals surface area contributed by atoms with Gasteiger partial charge in [-0.25, -0.2) is 0 Å². The Labute approximate surface area is 226 Å². The van der Waals surface area contributed by atoms with Gasteiger partial charge in [-0.1, -0.05) is 58.8 Å². The molecule has 37 heavy (non-hydrogen) atoms. The van der Waals surface area contributed by atoms with E-state index in [0.717, 1.165) is 32.3 Å². The first-order valence-electron chi connectivity index (χ1n) is 14.5. The first-order valence-corrected chi connectivity index (χ1v) is 14.5. The van der Waals surface area contributed by atoms with E-state index in [1.165, 1.54) is 32.1 Å². The van der Waals surface area contributed by atoms with Gasteiger partial charge in [0.15, 0.2) is 0 Å². The highest BCUT2D eigenvalue weighted by molar-refractivity contribution is 5.69. The Hall–Kier alpha value is -0.810. The molecule has 0 radical (unpaired) electrons. The smallest absolute Gasteiger partial charge is 0.305 e. The molecule has 0 aromatic rings. The second kappa shape index (κ2) is 33.2. The van der Waals surface area contributed by atoms with Crippen LogP contribution in [-0.4, -0.2) is 105 Å². The van der Waals surface area contributed by atoms with E-state index >= 15 is 0 Å². The number of ether oxygens (including phenoxy) is 8. The van der Waals surface area contributed by atoms with Gasteiger partial charge in [-0.3, -0.25) is 4.79 Å². The Morgan fingerprint density at radius 3 is 1.11 bits per heavy atom. The zero-order valence-corrected chi connectivity index (χ0v) is 23.9. The Morgan fingerprint density at radius 2 is 0.703 bits per heavy atom. The molecule has 0 aliphatic rings. The molecule has 0 amide bonds. The zero-order valence-electron chi connectivity index (χ0n) is 23.9. The largest absolute Gasteiger partial charge is 0.463 e. The van der Waals surface area contributed by atoms with Gasteiger partial charge in [0.25, 0.3) is 0 Å². The van der Waals surface area contributed by atoms with Crippen molar-refractivity contribution in [3.8, 4) is 0 Å². The minimum Gasteiger partial charge on any atom is -0.463 e. The van der Waals surface area contributed by atoms with Gasteiger partial charge in [0.1, 0.15) is 6.61 Å². The highest BCUT2D eigenvalue weighted by atomic mass is 16.6. The van der Waals surface area contributed by atoms with Gasteiger partial charge in [0, 0.05) is 13.0 Å². The third-order valence-corrected chi connectivity index (χ3v) is 5.35. The van der Waals surface area contributed by atoms with Crippen molar-refractivity contribution in [3.05, 3.63) is 0 Å². The maximum absolute atomic E-state index is 11.7. The molecule has 0 atom stereocenters. The van der Waals surface area contributed by atoms with Crippen LogP contribution >= 0.6 is 0 Å². The third-order valence-electron chi connectivity index (χ3n) is 5.35. The van der Waals surface area contributed by atoms with Crippen LogP contribution < -0.4 is 0 Å². The molecule has 0 unspecified atom stereocenters. The van der Waals surface area contributed by atoms with Crippen molar-refractivity contribution >= 4 is 5.97 Å². The summed E-state index contributed by atoms with van der Waals surface area (Å²) in [5, 5.41) is 0. The lowest BCUT2D eigenvalue weighted by Crippen LogP contribution is -2.15. The van der Waals surface area contributed by atoms with E-state index in [1.54, 1.807) is 0 Å². The summed E-state index contributed by atoms with van der Waals surface area (Å²) < 4.78 is 43.2. The Kier molecular flexibility index (Phi) is 32.5. The van der Waals surface area contributed by atoms with Gasteiger partial charge in [-0.2, -0.15) is 0 Å². The first-order chi connectivity index (χ1) is 18.3. The Morgan fingerprint density at radius 1 is 0.378 bits per heavy atom. The van der Waals surface area contributed by atoms with Crippen LogP contribution in [0.15, 0.2) is 0 Å². The van der Waals surface area contributed by atoms with Crippen LogP contribution in [0.5, 0.6) is 0 Å². The van der Waals surface area contributed by atoms with Crippen molar-refractivity contribution in [2.45, 2.75) is 78.1 Å². The van der Waals surface area contributed by atoms with Crippen molar-refractivity contribution in [3.63, 3.8) is 0 Å². The minimum atomic E-state index is -0.133. The quantitative estimate of drug-likeness (QED) is 0.0904. The van der Waals surface area contributed by atoms with E-state index in [4.69, 9.17) is 37.9 Å². The van der Waals surface area contributed by atoms with Crippen LogP contribution in [0.25, 0.3) is 0 Å². The molecule has 0 saturated carbocycles. The Bertz CT molecular complexity index is 438. The van der Waals surface area contributed by atoms with E-state index in [0.29, 0.717) is 98.9 Å². The molecule has 0 bridgehead atoms. The molecule has 9 heteroatoms. The lowest BCUT2D eigenvalue weighted by Gasteiger charge is -2.08. The highest BCUT2D eigenvalue weighted by Gasteiger charge is 2.02. The van der Waals surface area contributed by atoms with Crippen LogP contribution in [0, 0.1) is 0 Å². The molecular formula is C28H56O9. The number of unbranched alkanes of at least 4 members (excludes halogenated alkanes) is 7. The van der Waals surface area contributed by atoms with Gasteiger partial charge in [0.05, 0.1) is 85.9 Å². The summed E-state index contributed by atoms with van der Waals surface area (Å²) >= 11 is 0. The number of hydrogen-bond acceptors (Lipinski definition) is 9. The summed E-state index contributed by atoms with van der Waals surface area (Å²) in [6, 6.07) is 0. The van der Waals surface area contributed by atoms with Crippen molar-refractivity contribution in [2.24, 2.45) is 0 Å². The van der Waals surface area contributed by atoms with Crippen LogP contribution in [0.1, 0.15) is 78.1 Å². The Balaban J connectivity index is 3.10. The second-order valence-corrected chi connectivity index (χ2v) is 8.73. The fourth-order valence-electron chi connectivity index (χ4n) is 3.18. The van der Waals surface area contributed by atoms with E-state index in [2.05, 4.69) is 13.8 Å². The van der Waals surface area contributed by atoms with E-state index in [9.17, 15) is 4.79 Å². The van der Waals surface area contributed by atoms with Crippen molar-refractivity contribution in [2.75, 3.05) is 99.1 Å². The van der Waals surface area contributed by atoms with Gasteiger partial charge in [-0.05, 0) is 12.8 Å². The zero-order chi connectivity index (χ0) is 26.9. The first kappa shape index (κ1) is 36.2. The molecule has 0 aromatic heterocycles. The normalized spacial score (nSPS) is 11.3. The lowest BCUT2D eigenvalue weighted by molar-refractivity contribution is -0.145. The molecule has 222 valence electrons. The van der Waals surface area contributed by atoms with Crippen LogP contribution in [-0.2, 0) is 42.7 Å². The van der Waals surface area contributed by atoms with Crippen molar-refractivity contribution < 1.29 is 42.7 Å².